The Bertz CT molecular complexity index is 321. The van der Waals surface area contributed by atoms with E-state index in [2.05, 4.69) is 41.6 Å². The molecule has 0 aromatic carbocycles. The first kappa shape index (κ1) is 14.0. The fraction of sp³-hybridized carbons (Fsp3) is 0.733. The Morgan fingerprint density at radius 1 is 1.44 bits per heavy atom. The average Bonchev–Trinajstić information content (AvgIpc) is 2.98. The first-order valence-corrected chi connectivity index (χ1v) is 8.09. The minimum atomic E-state index is 0.849. The third-order valence-corrected chi connectivity index (χ3v) is 4.92. The topological polar surface area (TPSA) is 15.3 Å². The highest BCUT2D eigenvalue weighted by Crippen LogP contribution is 2.22. The summed E-state index contributed by atoms with van der Waals surface area (Å²) in [6.07, 6.45) is 2.57. The summed E-state index contributed by atoms with van der Waals surface area (Å²) in [7, 11) is 0. The molecule has 18 heavy (non-hydrogen) atoms. The molecule has 2 nitrogen and oxygen atoms in total. The predicted octanol–water partition coefficient (Wildman–Crippen LogP) is 2.86. The number of rotatable bonds is 7. The molecule has 1 atom stereocenters. The van der Waals surface area contributed by atoms with Gasteiger partial charge in [-0.1, -0.05) is 19.9 Å². The van der Waals surface area contributed by atoms with E-state index in [1.807, 2.05) is 11.3 Å². The van der Waals surface area contributed by atoms with E-state index < -0.39 is 0 Å². The SMILES string of the molecule is CC(C)C1CCN(CCNCCc2cccs2)C1. The van der Waals surface area contributed by atoms with Gasteiger partial charge in [0.2, 0.25) is 0 Å². The van der Waals surface area contributed by atoms with E-state index in [0.717, 1.165) is 24.9 Å². The van der Waals surface area contributed by atoms with Crippen molar-refractivity contribution < 1.29 is 0 Å². The van der Waals surface area contributed by atoms with Crippen LogP contribution in [0.3, 0.4) is 0 Å². The van der Waals surface area contributed by atoms with Crippen molar-refractivity contribution in [3.63, 3.8) is 0 Å². The first-order valence-electron chi connectivity index (χ1n) is 7.21. The minimum absolute atomic E-state index is 0.849. The molecular weight excluding hydrogens is 240 g/mol. The van der Waals surface area contributed by atoms with Gasteiger partial charge in [0.15, 0.2) is 0 Å². The van der Waals surface area contributed by atoms with Crippen molar-refractivity contribution >= 4 is 11.3 Å². The van der Waals surface area contributed by atoms with E-state index in [-0.39, 0.29) is 0 Å². The van der Waals surface area contributed by atoms with E-state index >= 15 is 0 Å². The maximum absolute atomic E-state index is 3.56. The summed E-state index contributed by atoms with van der Waals surface area (Å²) < 4.78 is 0. The molecule has 1 aliphatic heterocycles. The van der Waals surface area contributed by atoms with E-state index in [1.165, 1.54) is 37.4 Å². The molecule has 0 aliphatic carbocycles. The van der Waals surface area contributed by atoms with Crippen molar-refractivity contribution in [3.8, 4) is 0 Å². The molecule has 1 N–H and O–H groups in total. The highest BCUT2D eigenvalue weighted by atomic mass is 32.1. The van der Waals surface area contributed by atoms with Crippen LogP contribution < -0.4 is 5.32 Å². The molecular formula is C15H26N2S. The van der Waals surface area contributed by atoms with Gasteiger partial charge >= 0.3 is 0 Å². The Morgan fingerprint density at radius 2 is 2.33 bits per heavy atom. The van der Waals surface area contributed by atoms with Crippen LogP contribution in [0.2, 0.25) is 0 Å². The van der Waals surface area contributed by atoms with Gasteiger partial charge in [-0.3, -0.25) is 0 Å². The lowest BCUT2D eigenvalue weighted by Gasteiger charge is -2.17. The van der Waals surface area contributed by atoms with Crippen LogP contribution in [0.15, 0.2) is 17.5 Å². The third kappa shape index (κ3) is 4.38. The Balaban J connectivity index is 1.51. The van der Waals surface area contributed by atoms with Gasteiger partial charge in [-0.15, -0.1) is 11.3 Å². The quantitative estimate of drug-likeness (QED) is 0.764. The van der Waals surface area contributed by atoms with Crippen LogP contribution in [0, 0.1) is 11.8 Å². The average molecular weight is 266 g/mol. The summed E-state index contributed by atoms with van der Waals surface area (Å²) in [6.45, 7) is 10.8. The molecule has 1 aromatic heterocycles. The van der Waals surface area contributed by atoms with Crippen molar-refractivity contribution in [2.75, 3.05) is 32.7 Å². The summed E-state index contributed by atoms with van der Waals surface area (Å²) in [5.74, 6) is 1.78. The fourth-order valence-corrected chi connectivity index (χ4v) is 3.35. The maximum atomic E-state index is 3.56. The molecule has 0 saturated carbocycles. The van der Waals surface area contributed by atoms with Crippen LogP contribution in [0.4, 0.5) is 0 Å². The Morgan fingerprint density at radius 3 is 3.00 bits per heavy atom. The molecule has 1 aromatic rings. The number of hydrogen-bond donors (Lipinski definition) is 1. The largest absolute Gasteiger partial charge is 0.315 e. The lowest BCUT2D eigenvalue weighted by molar-refractivity contribution is 0.302. The van der Waals surface area contributed by atoms with Crippen LogP contribution in [0.5, 0.6) is 0 Å². The van der Waals surface area contributed by atoms with Gasteiger partial charge in [0.25, 0.3) is 0 Å². The van der Waals surface area contributed by atoms with Gasteiger partial charge in [0.1, 0.15) is 0 Å². The van der Waals surface area contributed by atoms with E-state index in [1.54, 1.807) is 0 Å². The second-order valence-corrected chi connectivity index (χ2v) is 6.70. The second kappa shape index (κ2) is 7.27. The van der Waals surface area contributed by atoms with Crippen molar-refractivity contribution in [1.29, 1.82) is 0 Å². The lowest BCUT2D eigenvalue weighted by Crippen LogP contribution is -2.31. The van der Waals surface area contributed by atoms with Gasteiger partial charge in [-0.05, 0) is 42.7 Å². The molecule has 0 bridgehead atoms. The smallest absolute Gasteiger partial charge is 0.0107 e. The Kier molecular flexibility index (Phi) is 5.67. The minimum Gasteiger partial charge on any atom is -0.315 e. The summed E-state index contributed by atoms with van der Waals surface area (Å²) in [6, 6.07) is 4.36. The van der Waals surface area contributed by atoms with Gasteiger partial charge in [-0.2, -0.15) is 0 Å². The molecule has 102 valence electrons. The molecule has 2 heterocycles. The number of nitrogens with zero attached hydrogens (tertiary/aromatic N) is 1. The van der Waals surface area contributed by atoms with Crippen molar-refractivity contribution in [3.05, 3.63) is 22.4 Å². The highest BCUT2D eigenvalue weighted by Gasteiger charge is 2.23. The van der Waals surface area contributed by atoms with Crippen molar-refractivity contribution in [1.82, 2.24) is 10.2 Å². The normalized spacial score (nSPS) is 20.9. The highest BCUT2D eigenvalue weighted by molar-refractivity contribution is 7.09. The number of hydrogen-bond acceptors (Lipinski definition) is 3. The van der Waals surface area contributed by atoms with E-state index in [4.69, 9.17) is 0 Å². The van der Waals surface area contributed by atoms with Gasteiger partial charge < -0.3 is 10.2 Å². The van der Waals surface area contributed by atoms with Crippen LogP contribution in [0.25, 0.3) is 0 Å². The molecule has 1 fully saturated rings. The zero-order valence-corrected chi connectivity index (χ0v) is 12.5. The molecule has 1 saturated heterocycles. The summed E-state index contributed by atoms with van der Waals surface area (Å²) >= 11 is 1.86. The Hall–Kier alpha value is -0.380. The predicted molar refractivity (Wildman–Crippen MR) is 80.3 cm³/mol. The summed E-state index contributed by atoms with van der Waals surface area (Å²) in [4.78, 5) is 4.10. The van der Waals surface area contributed by atoms with E-state index in [0.29, 0.717) is 0 Å². The summed E-state index contributed by atoms with van der Waals surface area (Å²) in [5, 5.41) is 5.72. The van der Waals surface area contributed by atoms with Crippen LogP contribution >= 0.6 is 11.3 Å². The van der Waals surface area contributed by atoms with Gasteiger partial charge in [-0.25, -0.2) is 0 Å². The molecule has 1 unspecified atom stereocenters. The zero-order chi connectivity index (χ0) is 12.8. The number of likely N-dealkylation sites (tertiary alicyclic amines) is 1. The third-order valence-electron chi connectivity index (χ3n) is 3.98. The first-order chi connectivity index (χ1) is 8.75. The maximum Gasteiger partial charge on any atom is 0.0107 e. The van der Waals surface area contributed by atoms with Crippen molar-refractivity contribution in [2.24, 2.45) is 11.8 Å². The van der Waals surface area contributed by atoms with Crippen molar-refractivity contribution in [2.45, 2.75) is 26.7 Å². The molecule has 1 aliphatic rings. The molecule has 3 heteroatoms. The fourth-order valence-electron chi connectivity index (χ4n) is 2.64. The lowest BCUT2D eigenvalue weighted by atomic mass is 9.95. The number of thiophene rings is 1. The van der Waals surface area contributed by atoms with E-state index in [9.17, 15) is 0 Å². The monoisotopic (exact) mass is 266 g/mol. The number of nitrogens with one attached hydrogen (secondary N) is 1. The Labute approximate surface area is 115 Å². The summed E-state index contributed by atoms with van der Waals surface area (Å²) in [5.41, 5.74) is 0. The van der Waals surface area contributed by atoms with Crippen LogP contribution in [-0.2, 0) is 6.42 Å². The second-order valence-electron chi connectivity index (χ2n) is 5.67. The zero-order valence-electron chi connectivity index (χ0n) is 11.7. The molecule has 0 spiro atoms. The molecule has 0 amide bonds. The van der Waals surface area contributed by atoms with Crippen LogP contribution in [-0.4, -0.2) is 37.6 Å². The molecule has 2 rings (SSSR count). The van der Waals surface area contributed by atoms with Gasteiger partial charge in [0, 0.05) is 31.1 Å². The van der Waals surface area contributed by atoms with Crippen LogP contribution in [0.1, 0.15) is 25.1 Å². The standard InChI is InChI=1S/C15H26N2S/c1-13(2)14-6-9-17(12-14)10-8-16-7-5-15-4-3-11-18-15/h3-4,11,13-14,16H,5-10,12H2,1-2H3. The van der Waals surface area contributed by atoms with Gasteiger partial charge in [0.05, 0.1) is 0 Å². The molecule has 0 radical (unpaired) electrons.